The minimum atomic E-state index is 0.250. The van der Waals surface area contributed by atoms with Gasteiger partial charge in [0.25, 0.3) is 0 Å². The first-order chi connectivity index (χ1) is 6.38. The molecule has 13 heavy (non-hydrogen) atoms. The van der Waals surface area contributed by atoms with Crippen molar-refractivity contribution in [2.75, 3.05) is 0 Å². The third-order valence-corrected chi connectivity index (χ3v) is 2.26. The lowest BCUT2D eigenvalue weighted by molar-refractivity contribution is -0.106. The quantitative estimate of drug-likeness (QED) is 0.602. The van der Waals surface area contributed by atoms with Gasteiger partial charge in [-0.3, -0.25) is 4.79 Å². The maximum absolute atomic E-state index is 8.58. The highest BCUT2D eigenvalue weighted by Crippen LogP contribution is 2.19. The number of rotatable bonds is 0. The second-order valence-electron chi connectivity index (χ2n) is 3.11. The molecule has 2 rings (SSSR count). The van der Waals surface area contributed by atoms with Crippen LogP contribution in [0.2, 0.25) is 0 Å². The maximum atomic E-state index is 8.58. The maximum Gasteiger partial charge on any atom is 0.204 e. The molecule has 2 nitrogen and oxygen atoms in total. The Balaban J connectivity index is 0.000000251. The van der Waals surface area contributed by atoms with E-state index in [0.717, 1.165) is 0 Å². The van der Waals surface area contributed by atoms with Gasteiger partial charge in [0.2, 0.25) is 6.41 Å². The third-order valence-electron chi connectivity index (χ3n) is 2.26. The molecular formula is C11H15NO. The summed E-state index contributed by atoms with van der Waals surface area (Å²) >= 11 is 0. The van der Waals surface area contributed by atoms with Crippen LogP contribution >= 0.6 is 0 Å². The van der Waals surface area contributed by atoms with E-state index in [2.05, 4.69) is 30.0 Å². The van der Waals surface area contributed by atoms with Crippen LogP contribution < -0.4 is 5.73 Å². The predicted molar refractivity (Wildman–Crippen MR) is 53.3 cm³/mol. The van der Waals surface area contributed by atoms with Crippen LogP contribution in [0.3, 0.4) is 0 Å². The Morgan fingerprint density at radius 1 is 1.08 bits per heavy atom. The Kier molecular flexibility index (Phi) is 4.03. The first kappa shape index (κ1) is 9.78. The molecule has 1 aliphatic carbocycles. The average Bonchev–Trinajstić information content (AvgIpc) is 2.19. The summed E-state index contributed by atoms with van der Waals surface area (Å²) < 4.78 is 0. The van der Waals surface area contributed by atoms with Crippen LogP contribution in [0.1, 0.15) is 24.0 Å². The Morgan fingerprint density at radius 3 is 1.85 bits per heavy atom. The van der Waals surface area contributed by atoms with Crippen LogP contribution in [0.5, 0.6) is 0 Å². The number of amides is 1. The Hall–Kier alpha value is -1.31. The van der Waals surface area contributed by atoms with Gasteiger partial charge in [-0.2, -0.15) is 0 Å². The van der Waals surface area contributed by atoms with Crippen molar-refractivity contribution in [3.05, 3.63) is 35.4 Å². The third kappa shape index (κ3) is 2.90. The Bertz CT molecular complexity index is 246. The van der Waals surface area contributed by atoms with Gasteiger partial charge in [-0.25, -0.2) is 0 Å². The van der Waals surface area contributed by atoms with Crippen molar-refractivity contribution in [3.63, 3.8) is 0 Å². The first-order valence-electron chi connectivity index (χ1n) is 4.60. The molecule has 0 unspecified atom stereocenters. The lowest BCUT2D eigenvalue weighted by atomic mass is 9.92. The molecule has 1 amide bonds. The summed E-state index contributed by atoms with van der Waals surface area (Å²) in [7, 11) is 0. The zero-order valence-electron chi connectivity index (χ0n) is 7.70. The molecule has 0 heterocycles. The fraction of sp³-hybridized carbons (Fsp3) is 0.364. The van der Waals surface area contributed by atoms with Crippen LogP contribution in [0.4, 0.5) is 0 Å². The SMILES string of the molecule is NC=O.c1ccc2c(c1)CCCC2. The van der Waals surface area contributed by atoms with Crippen molar-refractivity contribution < 1.29 is 4.79 Å². The molecule has 70 valence electrons. The van der Waals surface area contributed by atoms with Gasteiger partial charge < -0.3 is 5.73 Å². The number of nitrogens with two attached hydrogens (primary N) is 1. The molecule has 0 saturated heterocycles. The molecular weight excluding hydrogens is 162 g/mol. The molecule has 0 bridgehead atoms. The van der Waals surface area contributed by atoms with E-state index in [9.17, 15) is 0 Å². The number of hydrogen-bond acceptors (Lipinski definition) is 1. The number of fused-ring (bicyclic) bond motifs is 1. The molecule has 1 aromatic carbocycles. The van der Waals surface area contributed by atoms with E-state index in [1.165, 1.54) is 25.7 Å². The van der Waals surface area contributed by atoms with E-state index in [1.807, 2.05) is 0 Å². The van der Waals surface area contributed by atoms with E-state index in [0.29, 0.717) is 0 Å². The van der Waals surface area contributed by atoms with Gasteiger partial charge in [0.15, 0.2) is 0 Å². The van der Waals surface area contributed by atoms with Gasteiger partial charge in [-0.05, 0) is 36.8 Å². The summed E-state index contributed by atoms with van der Waals surface area (Å²) in [4.78, 5) is 8.58. The smallest absolute Gasteiger partial charge is 0.204 e. The van der Waals surface area contributed by atoms with Gasteiger partial charge in [-0.1, -0.05) is 24.3 Å². The highest BCUT2D eigenvalue weighted by atomic mass is 16.1. The Labute approximate surface area is 78.8 Å². The van der Waals surface area contributed by atoms with Crippen molar-refractivity contribution in [3.8, 4) is 0 Å². The predicted octanol–water partition coefficient (Wildman–Crippen LogP) is 1.67. The van der Waals surface area contributed by atoms with Crippen molar-refractivity contribution in [2.45, 2.75) is 25.7 Å². The second-order valence-corrected chi connectivity index (χ2v) is 3.11. The number of benzene rings is 1. The lowest BCUT2D eigenvalue weighted by Gasteiger charge is -2.13. The normalized spacial score (nSPS) is 13.5. The molecule has 1 aromatic rings. The number of hydrogen-bond donors (Lipinski definition) is 1. The van der Waals surface area contributed by atoms with Crippen LogP contribution in [0.25, 0.3) is 0 Å². The van der Waals surface area contributed by atoms with E-state index in [4.69, 9.17) is 4.79 Å². The van der Waals surface area contributed by atoms with Gasteiger partial charge in [0.05, 0.1) is 0 Å². The summed E-state index contributed by atoms with van der Waals surface area (Å²) in [5.41, 5.74) is 7.32. The molecule has 0 spiro atoms. The Morgan fingerprint density at radius 2 is 1.46 bits per heavy atom. The van der Waals surface area contributed by atoms with E-state index < -0.39 is 0 Å². The molecule has 2 heteroatoms. The highest BCUT2D eigenvalue weighted by molar-refractivity contribution is 5.42. The van der Waals surface area contributed by atoms with Crippen molar-refractivity contribution in [1.29, 1.82) is 0 Å². The van der Waals surface area contributed by atoms with Crippen LogP contribution in [-0.2, 0) is 17.6 Å². The molecule has 0 fully saturated rings. The van der Waals surface area contributed by atoms with E-state index in [1.54, 1.807) is 11.1 Å². The summed E-state index contributed by atoms with van der Waals surface area (Å²) in [5, 5.41) is 0. The molecule has 2 N–H and O–H groups in total. The van der Waals surface area contributed by atoms with Gasteiger partial charge in [0, 0.05) is 0 Å². The van der Waals surface area contributed by atoms with Crippen LogP contribution in [0, 0.1) is 0 Å². The highest BCUT2D eigenvalue weighted by Gasteiger charge is 2.05. The first-order valence-corrected chi connectivity index (χ1v) is 4.60. The van der Waals surface area contributed by atoms with Gasteiger partial charge in [0.1, 0.15) is 0 Å². The molecule has 0 radical (unpaired) electrons. The fourth-order valence-electron chi connectivity index (χ4n) is 1.68. The molecule has 0 aliphatic heterocycles. The molecule has 1 aliphatic rings. The van der Waals surface area contributed by atoms with Crippen molar-refractivity contribution in [2.24, 2.45) is 5.73 Å². The van der Waals surface area contributed by atoms with E-state index in [-0.39, 0.29) is 6.41 Å². The van der Waals surface area contributed by atoms with Gasteiger partial charge in [-0.15, -0.1) is 0 Å². The van der Waals surface area contributed by atoms with Gasteiger partial charge >= 0.3 is 0 Å². The number of carbonyl (C=O) groups excluding carboxylic acids is 1. The van der Waals surface area contributed by atoms with Crippen LogP contribution in [-0.4, -0.2) is 6.41 Å². The monoisotopic (exact) mass is 177 g/mol. The summed E-state index contributed by atoms with van der Waals surface area (Å²) in [5.74, 6) is 0. The van der Waals surface area contributed by atoms with E-state index >= 15 is 0 Å². The molecule has 0 saturated carbocycles. The summed E-state index contributed by atoms with van der Waals surface area (Å²) in [6.45, 7) is 0. The number of primary amides is 1. The lowest BCUT2D eigenvalue weighted by Crippen LogP contribution is -2.00. The second kappa shape index (κ2) is 5.36. The number of carbonyl (C=O) groups is 1. The summed E-state index contributed by atoms with van der Waals surface area (Å²) in [6.07, 6.45) is 5.63. The van der Waals surface area contributed by atoms with Crippen LogP contribution in [0.15, 0.2) is 24.3 Å². The molecule has 0 atom stereocenters. The topological polar surface area (TPSA) is 43.1 Å². The summed E-state index contributed by atoms with van der Waals surface area (Å²) in [6, 6.07) is 8.80. The minimum Gasteiger partial charge on any atom is -0.372 e. The average molecular weight is 177 g/mol. The zero-order valence-corrected chi connectivity index (χ0v) is 7.70. The van der Waals surface area contributed by atoms with Crippen molar-refractivity contribution >= 4 is 6.41 Å². The molecule has 0 aromatic heterocycles. The standard InChI is InChI=1S/C10H12.CH3NO/c1-2-6-10-8-4-3-7-9(10)5-1;2-1-3/h1-2,5-6H,3-4,7-8H2;1H,(H2,2,3). The fourth-order valence-corrected chi connectivity index (χ4v) is 1.68. The minimum absolute atomic E-state index is 0.250. The largest absolute Gasteiger partial charge is 0.372 e. The number of aryl methyl sites for hydroxylation is 2. The zero-order chi connectivity index (χ0) is 9.52. The van der Waals surface area contributed by atoms with Crippen molar-refractivity contribution in [1.82, 2.24) is 0 Å².